The van der Waals surface area contributed by atoms with Crippen LogP contribution in [0.15, 0.2) is 4.52 Å². The predicted octanol–water partition coefficient (Wildman–Crippen LogP) is 2.85. The molecule has 4 saturated carbocycles. The normalized spacial score (nSPS) is 35.8. The molecule has 0 aliphatic heterocycles. The maximum absolute atomic E-state index is 12.8. The van der Waals surface area contributed by atoms with Crippen molar-refractivity contribution in [2.24, 2.45) is 23.2 Å². The summed E-state index contributed by atoms with van der Waals surface area (Å²) in [5, 5.41) is 7.04. The second-order valence-corrected chi connectivity index (χ2v) is 7.73. The van der Waals surface area contributed by atoms with Crippen molar-refractivity contribution in [1.29, 1.82) is 0 Å². The van der Waals surface area contributed by atoms with Gasteiger partial charge >= 0.3 is 0 Å². The first-order valence-corrected chi connectivity index (χ1v) is 8.76. The van der Waals surface area contributed by atoms with Gasteiger partial charge in [-0.05, 0) is 62.7 Å². The minimum Gasteiger partial charge on any atom is -0.348 e. The van der Waals surface area contributed by atoms with Gasteiger partial charge in [-0.15, -0.1) is 0 Å². The molecule has 0 saturated heterocycles. The smallest absolute Gasteiger partial charge is 0.226 e. The van der Waals surface area contributed by atoms with Crippen molar-refractivity contribution in [1.82, 2.24) is 15.5 Å². The number of aromatic nitrogens is 2. The van der Waals surface area contributed by atoms with Gasteiger partial charge in [-0.2, -0.15) is 4.98 Å². The molecule has 4 fully saturated rings. The number of nitrogens with one attached hydrogen (secondary N) is 1. The Labute approximate surface area is 131 Å². The van der Waals surface area contributed by atoms with Crippen molar-refractivity contribution in [2.45, 2.75) is 64.8 Å². The predicted molar refractivity (Wildman–Crippen MR) is 80.7 cm³/mol. The third kappa shape index (κ3) is 2.44. The average Bonchev–Trinajstić information content (AvgIpc) is 2.91. The van der Waals surface area contributed by atoms with Crippen molar-refractivity contribution >= 4 is 5.91 Å². The molecule has 0 aromatic carbocycles. The Bertz CT molecular complexity index is 531. The molecule has 5 rings (SSSR count). The van der Waals surface area contributed by atoms with Crippen LogP contribution in [-0.4, -0.2) is 16.0 Å². The van der Waals surface area contributed by atoms with Gasteiger partial charge in [-0.1, -0.05) is 12.1 Å². The van der Waals surface area contributed by atoms with Crippen LogP contribution in [0.2, 0.25) is 0 Å². The number of amides is 1. The number of carbonyl (C=O) groups excluding carboxylic acids is 1. The lowest BCUT2D eigenvalue weighted by Gasteiger charge is -2.55. The van der Waals surface area contributed by atoms with Crippen LogP contribution < -0.4 is 5.32 Å². The molecule has 22 heavy (non-hydrogen) atoms. The standard InChI is InChI=1S/C17H25N3O2/c1-2-3-15-19-14(20-22-15)10-18-16(21)17-7-11-4-12(8-17)6-13(5-11)9-17/h11-13H,2-10H2,1H3,(H,18,21). The van der Waals surface area contributed by atoms with Crippen LogP contribution >= 0.6 is 0 Å². The molecule has 4 aliphatic rings. The number of hydrogen-bond acceptors (Lipinski definition) is 4. The van der Waals surface area contributed by atoms with Gasteiger partial charge in [-0.25, -0.2) is 0 Å². The molecule has 1 aromatic heterocycles. The van der Waals surface area contributed by atoms with Crippen LogP contribution in [0.1, 0.15) is 63.6 Å². The van der Waals surface area contributed by atoms with E-state index in [0.717, 1.165) is 49.9 Å². The van der Waals surface area contributed by atoms with Gasteiger partial charge in [0.15, 0.2) is 5.82 Å². The molecule has 4 bridgehead atoms. The van der Waals surface area contributed by atoms with E-state index in [2.05, 4.69) is 22.4 Å². The molecular weight excluding hydrogens is 278 g/mol. The zero-order valence-corrected chi connectivity index (χ0v) is 13.3. The summed E-state index contributed by atoms with van der Waals surface area (Å²) in [6.07, 6.45) is 9.15. The fourth-order valence-corrected chi connectivity index (χ4v) is 5.41. The lowest BCUT2D eigenvalue weighted by atomic mass is 9.49. The second-order valence-electron chi connectivity index (χ2n) is 7.73. The first kappa shape index (κ1) is 14.2. The molecule has 0 spiro atoms. The van der Waals surface area contributed by atoms with Gasteiger partial charge in [0.05, 0.1) is 6.54 Å². The van der Waals surface area contributed by atoms with Crippen molar-refractivity contribution in [3.05, 3.63) is 11.7 Å². The summed E-state index contributed by atoms with van der Waals surface area (Å²) in [6.45, 7) is 2.48. The van der Waals surface area contributed by atoms with Crippen molar-refractivity contribution < 1.29 is 9.32 Å². The molecule has 4 aliphatic carbocycles. The van der Waals surface area contributed by atoms with E-state index in [4.69, 9.17) is 4.52 Å². The molecule has 0 atom stereocenters. The summed E-state index contributed by atoms with van der Waals surface area (Å²) in [5.74, 6) is 3.87. The first-order valence-electron chi connectivity index (χ1n) is 8.76. The highest BCUT2D eigenvalue weighted by Crippen LogP contribution is 2.60. The van der Waals surface area contributed by atoms with E-state index < -0.39 is 0 Å². The molecule has 0 unspecified atom stereocenters. The SMILES string of the molecule is CCCc1nc(CNC(=O)C23CC4CC(CC(C4)C2)C3)no1. The lowest BCUT2D eigenvalue weighted by Crippen LogP contribution is -2.53. The summed E-state index contributed by atoms with van der Waals surface area (Å²) in [6, 6.07) is 0. The van der Waals surface area contributed by atoms with Crippen LogP contribution in [0.5, 0.6) is 0 Å². The van der Waals surface area contributed by atoms with E-state index in [1.807, 2.05) is 0 Å². The molecule has 120 valence electrons. The molecule has 5 nitrogen and oxygen atoms in total. The number of hydrogen-bond donors (Lipinski definition) is 1. The number of carbonyl (C=O) groups is 1. The topological polar surface area (TPSA) is 68.0 Å². The Hall–Kier alpha value is -1.39. The van der Waals surface area contributed by atoms with Gasteiger partial charge in [0.25, 0.3) is 0 Å². The van der Waals surface area contributed by atoms with E-state index in [1.54, 1.807) is 0 Å². The highest BCUT2D eigenvalue weighted by molar-refractivity contribution is 5.83. The van der Waals surface area contributed by atoms with Crippen molar-refractivity contribution in [3.63, 3.8) is 0 Å². The van der Waals surface area contributed by atoms with Gasteiger partial charge in [0.1, 0.15) is 0 Å². The third-order valence-electron chi connectivity index (χ3n) is 5.90. The highest BCUT2D eigenvalue weighted by Gasteiger charge is 2.54. The zero-order valence-electron chi connectivity index (χ0n) is 13.3. The average molecular weight is 303 g/mol. The Balaban J connectivity index is 1.39. The van der Waals surface area contributed by atoms with E-state index >= 15 is 0 Å². The Morgan fingerprint density at radius 2 is 1.86 bits per heavy atom. The lowest BCUT2D eigenvalue weighted by molar-refractivity contribution is -0.146. The van der Waals surface area contributed by atoms with Crippen LogP contribution in [-0.2, 0) is 17.8 Å². The molecule has 1 heterocycles. The Morgan fingerprint density at radius 3 is 2.45 bits per heavy atom. The molecular formula is C17H25N3O2. The summed E-state index contributed by atoms with van der Waals surface area (Å²) < 4.78 is 5.17. The second kappa shape index (κ2) is 5.36. The monoisotopic (exact) mass is 303 g/mol. The molecule has 5 heteroatoms. The summed E-state index contributed by atoms with van der Waals surface area (Å²) in [5.41, 5.74) is -0.0925. The maximum atomic E-state index is 12.8. The molecule has 1 N–H and O–H groups in total. The summed E-state index contributed by atoms with van der Waals surface area (Å²) >= 11 is 0. The molecule has 0 radical (unpaired) electrons. The highest BCUT2D eigenvalue weighted by atomic mass is 16.5. The Morgan fingerprint density at radius 1 is 1.23 bits per heavy atom. The van der Waals surface area contributed by atoms with E-state index in [0.29, 0.717) is 18.3 Å². The van der Waals surface area contributed by atoms with Crippen LogP contribution in [0.25, 0.3) is 0 Å². The molecule has 1 amide bonds. The number of rotatable bonds is 5. The first-order chi connectivity index (χ1) is 10.7. The maximum Gasteiger partial charge on any atom is 0.226 e. The minimum atomic E-state index is -0.0925. The minimum absolute atomic E-state index is 0.0925. The largest absolute Gasteiger partial charge is 0.348 e. The van der Waals surface area contributed by atoms with Gasteiger partial charge in [0.2, 0.25) is 11.8 Å². The summed E-state index contributed by atoms with van der Waals surface area (Å²) in [7, 11) is 0. The van der Waals surface area contributed by atoms with E-state index in [9.17, 15) is 4.79 Å². The van der Waals surface area contributed by atoms with Crippen molar-refractivity contribution in [2.75, 3.05) is 0 Å². The van der Waals surface area contributed by atoms with E-state index in [-0.39, 0.29) is 11.3 Å². The zero-order chi connectivity index (χ0) is 15.2. The van der Waals surface area contributed by atoms with Crippen LogP contribution in [0.4, 0.5) is 0 Å². The van der Waals surface area contributed by atoms with Crippen molar-refractivity contribution in [3.8, 4) is 0 Å². The van der Waals surface area contributed by atoms with Crippen LogP contribution in [0, 0.1) is 23.2 Å². The van der Waals surface area contributed by atoms with Crippen LogP contribution in [0.3, 0.4) is 0 Å². The quantitative estimate of drug-likeness (QED) is 0.908. The van der Waals surface area contributed by atoms with Gasteiger partial charge in [-0.3, -0.25) is 4.79 Å². The Kier molecular flexibility index (Phi) is 3.46. The third-order valence-corrected chi connectivity index (χ3v) is 5.90. The summed E-state index contributed by atoms with van der Waals surface area (Å²) in [4.78, 5) is 17.1. The van der Waals surface area contributed by atoms with E-state index in [1.165, 1.54) is 19.3 Å². The number of nitrogens with zero attached hydrogens (tertiary/aromatic N) is 2. The number of aryl methyl sites for hydroxylation is 1. The van der Waals surface area contributed by atoms with Gasteiger partial charge in [0, 0.05) is 11.8 Å². The fourth-order valence-electron chi connectivity index (χ4n) is 5.41. The molecule has 1 aromatic rings. The fraction of sp³-hybridized carbons (Fsp3) is 0.824. The van der Waals surface area contributed by atoms with Gasteiger partial charge < -0.3 is 9.84 Å².